The topological polar surface area (TPSA) is 79.9 Å². The zero-order valence-corrected chi connectivity index (χ0v) is 17.3. The molecule has 0 saturated carbocycles. The minimum absolute atomic E-state index is 0.0237. The van der Waals surface area contributed by atoms with Gasteiger partial charge in [0.15, 0.2) is 0 Å². The van der Waals surface area contributed by atoms with Gasteiger partial charge in [-0.25, -0.2) is 4.39 Å². The number of nitrogens with one attached hydrogen (secondary N) is 2. The van der Waals surface area contributed by atoms with Gasteiger partial charge in [-0.1, -0.05) is 12.1 Å². The molecule has 0 amide bonds. The van der Waals surface area contributed by atoms with Crippen LogP contribution in [-0.2, 0) is 0 Å². The molecule has 3 rings (SSSR count). The Hall–Kier alpha value is -3.01. The van der Waals surface area contributed by atoms with Gasteiger partial charge in [0.05, 0.1) is 11.2 Å². The molecule has 0 atom stereocenters. The monoisotopic (exact) mass is 407 g/mol. The molecule has 1 aromatic heterocycles. The van der Waals surface area contributed by atoms with Gasteiger partial charge in [-0.15, -0.1) is 11.3 Å². The van der Waals surface area contributed by atoms with Crippen molar-refractivity contribution in [2.75, 3.05) is 11.9 Å². The Balaban J connectivity index is 2.03. The van der Waals surface area contributed by atoms with Crippen LogP contribution in [0.5, 0.6) is 0 Å². The van der Waals surface area contributed by atoms with Gasteiger partial charge >= 0.3 is 0 Å². The molecule has 148 valence electrons. The standard InChI is InChI=1S/C23H22FN3OS/c1-14-8-19(15-4-5-17(11-25)20(24)10-15)22(29-14)16-6-7-21(18(9-16)12-26)27-13-23(2,3)28/h4-10,12,26-28H,13H2,1-3H3. The lowest BCUT2D eigenvalue weighted by atomic mass is 9.99. The maximum atomic E-state index is 14.2. The van der Waals surface area contributed by atoms with E-state index in [4.69, 9.17) is 10.7 Å². The van der Waals surface area contributed by atoms with Crippen molar-refractivity contribution in [1.82, 2.24) is 0 Å². The van der Waals surface area contributed by atoms with E-state index < -0.39 is 11.4 Å². The van der Waals surface area contributed by atoms with Crippen LogP contribution in [0.3, 0.4) is 0 Å². The zero-order valence-electron chi connectivity index (χ0n) is 16.5. The number of aryl methyl sites for hydroxylation is 1. The summed E-state index contributed by atoms with van der Waals surface area (Å²) in [6, 6.07) is 14.2. The Morgan fingerprint density at radius 1 is 1.21 bits per heavy atom. The highest BCUT2D eigenvalue weighted by atomic mass is 32.1. The van der Waals surface area contributed by atoms with Crippen LogP contribution < -0.4 is 5.32 Å². The van der Waals surface area contributed by atoms with E-state index in [1.54, 1.807) is 31.3 Å². The quantitative estimate of drug-likeness (QED) is 0.467. The first-order chi connectivity index (χ1) is 13.7. The van der Waals surface area contributed by atoms with Crippen LogP contribution in [0.15, 0.2) is 42.5 Å². The fraction of sp³-hybridized carbons (Fsp3) is 0.217. The van der Waals surface area contributed by atoms with Crippen molar-refractivity contribution in [2.24, 2.45) is 0 Å². The Morgan fingerprint density at radius 2 is 1.93 bits per heavy atom. The summed E-state index contributed by atoms with van der Waals surface area (Å²) in [7, 11) is 0. The minimum Gasteiger partial charge on any atom is -0.389 e. The summed E-state index contributed by atoms with van der Waals surface area (Å²) >= 11 is 1.60. The smallest absolute Gasteiger partial charge is 0.141 e. The number of aliphatic hydroxyl groups is 1. The van der Waals surface area contributed by atoms with E-state index in [2.05, 4.69) is 5.32 Å². The lowest BCUT2D eigenvalue weighted by Gasteiger charge is -2.20. The first-order valence-corrected chi connectivity index (χ1v) is 9.95. The molecule has 0 saturated heterocycles. The van der Waals surface area contributed by atoms with Crippen molar-refractivity contribution in [3.8, 4) is 27.6 Å². The van der Waals surface area contributed by atoms with E-state index in [1.807, 2.05) is 37.3 Å². The normalized spacial score (nSPS) is 11.2. The molecule has 0 unspecified atom stereocenters. The first kappa shape index (κ1) is 20.7. The fourth-order valence-electron chi connectivity index (χ4n) is 3.01. The van der Waals surface area contributed by atoms with Gasteiger partial charge < -0.3 is 15.8 Å². The summed E-state index contributed by atoms with van der Waals surface area (Å²) in [6.07, 6.45) is 1.28. The summed E-state index contributed by atoms with van der Waals surface area (Å²) in [5.74, 6) is -0.536. The second-order valence-corrected chi connectivity index (χ2v) is 8.77. The van der Waals surface area contributed by atoms with Crippen LogP contribution in [0.1, 0.15) is 29.9 Å². The summed E-state index contributed by atoms with van der Waals surface area (Å²) in [6.45, 7) is 5.79. The Kier molecular flexibility index (Phi) is 5.83. The highest BCUT2D eigenvalue weighted by molar-refractivity contribution is 7.16. The molecule has 0 aliphatic rings. The van der Waals surface area contributed by atoms with E-state index in [9.17, 15) is 9.50 Å². The summed E-state index contributed by atoms with van der Waals surface area (Å²) in [5, 5.41) is 29.8. The molecule has 29 heavy (non-hydrogen) atoms. The third-order valence-electron chi connectivity index (χ3n) is 4.44. The predicted molar refractivity (Wildman–Crippen MR) is 117 cm³/mol. The van der Waals surface area contributed by atoms with Gasteiger partial charge in [0, 0.05) is 39.3 Å². The van der Waals surface area contributed by atoms with Gasteiger partial charge in [-0.05, 0) is 62.2 Å². The van der Waals surface area contributed by atoms with E-state index in [-0.39, 0.29) is 5.56 Å². The van der Waals surface area contributed by atoms with Gasteiger partial charge in [0.1, 0.15) is 11.9 Å². The SMILES string of the molecule is Cc1cc(-c2ccc(C#N)c(F)c2)c(-c2ccc(NCC(C)(C)O)c(C=N)c2)s1. The van der Waals surface area contributed by atoms with Gasteiger partial charge in [-0.3, -0.25) is 0 Å². The molecule has 6 heteroatoms. The molecule has 3 aromatic rings. The molecule has 4 nitrogen and oxygen atoms in total. The second kappa shape index (κ2) is 8.16. The third-order valence-corrected chi connectivity index (χ3v) is 5.54. The van der Waals surface area contributed by atoms with Gasteiger partial charge in [0.2, 0.25) is 0 Å². The number of anilines is 1. The van der Waals surface area contributed by atoms with Crippen LogP contribution >= 0.6 is 11.3 Å². The van der Waals surface area contributed by atoms with Crippen molar-refractivity contribution in [3.63, 3.8) is 0 Å². The number of hydrogen-bond donors (Lipinski definition) is 3. The molecule has 0 bridgehead atoms. The molecule has 1 heterocycles. The fourth-order valence-corrected chi connectivity index (χ4v) is 4.04. The van der Waals surface area contributed by atoms with Crippen LogP contribution in [0, 0.1) is 29.5 Å². The Bertz CT molecular complexity index is 1110. The van der Waals surface area contributed by atoms with E-state index in [0.29, 0.717) is 17.7 Å². The number of benzene rings is 2. The summed E-state index contributed by atoms with van der Waals surface area (Å²) in [5.41, 5.74) is 3.16. The number of hydrogen-bond acceptors (Lipinski definition) is 5. The molecule has 3 N–H and O–H groups in total. The largest absolute Gasteiger partial charge is 0.389 e. The molecule has 0 radical (unpaired) electrons. The highest BCUT2D eigenvalue weighted by Crippen LogP contribution is 2.40. The summed E-state index contributed by atoms with van der Waals surface area (Å²) in [4.78, 5) is 2.06. The number of nitrogens with zero attached hydrogens (tertiary/aromatic N) is 1. The lowest BCUT2D eigenvalue weighted by molar-refractivity contribution is 0.0945. The van der Waals surface area contributed by atoms with Crippen molar-refractivity contribution < 1.29 is 9.50 Å². The van der Waals surface area contributed by atoms with Crippen molar-refractivity contribution in [1.29, 1.82) is 10.7 Å². The van der Waals surface area contributed by atoms with Gasteiger partial charge in [0.25, 0.3) is 0 Å². The number of halogens is 1. The third kappa shape index (κ3) is 4.70. The number of thiophene rings is 1. The van der Waals surface area contributed by atoms with Crippen LogP contribution in [-0.4, -0.2) is 23.5 Å². The van der Waals surface area contributed by atoms with Gasteiger partial charge in [-0.2, -0.15) is 5.26 Å². The van der Waals surface area contributed by atoms with Crippen LogP contribution in [0.4, 0.5) is 10.1 Å². The second-order valence-electron chi connectivity index (χ2n) is 7.52. The van der Waals surface area contributed by atoms with Crippen molar-refractivity contribution in [2.45, 2.75) is 26.4 Å². The summed E-state index contributed by atoms with van der Waals surface area (Å²) < 4.78 is 14.2. The molecule has 0 spiro atoms. The molecule has 0 fully saturated rings. The average molecular weight is 408 g/mol. The zero-order chi connectivity index (χ0) is 21.2. The molecule has 2 aromatic carbocycles. The maximum absolute atomic E-state index is 14.2. The molecular formula is C23H22FN3OS. The van der Waals surface area contributed by atoms with Crippen LogP contribution in [0.25, 0.3) is 21.6 Å². The van der Waals surface area contributed by atoms with Crippen molar-refractivity contribution >= 4 is 23.2 Å². The van der Waals surface area contributed by atoms with E-state index in [1.165, 1.54) is 18.3 Å². The highest BCUT2D eigenvalue weighted by Gasteiger charge is 2.16. The van der Waals surface area contributed by atoms with E-state index >= 15 is 0 Å². The van der Waals surface area contributed by atoms with E-state index in [0.717, 1.165) is 26.6 Å². The molecular weight excluding hydrogens is 385 g/mol. The van der Waals surface area contributed by atoms with Crippen LogP contribution in [0.2, 0.25) is 0 Å². The lowest BCUT2D eigenvalue weighted by Crippen LogP contribution is -2.29. The molecule has 0 aliphatic heterocycles. The average Bonchev–Trinajstić information content (AvgIpc) is 3.07. The molecule has 0 aliphatic carbocycles. The Morgan fingerprint density at radius 3 is 2.55 bits per heavy atom. The number of nitriles is 1. The maximum Gasteiger partial charge on any atom is 0.141 e. The first-order valence-electron chi connectivity index (χ1n) is 9.13. The number of rotatable bonds is 6. The Labute approximate surface area is 173 Å². The minimum atomic E-state index is -0.865. The predicted octanol–water partition coefficient (Wildman–Crippen LogP) is 5.58. The van der Waals surface area contributed by atoms with Crippen molar-refractivity contribution in [3.05, 3.63) is 64.3 Å².